The first-order chi connectivity index (χ1) is 23.1. The number of rotatable bonds is 12. The van der Waals surface area contributed by atoms with Crippen LogP contribution < -0.4 is 4.74 Å². The smallest absolute Gasteiger partial charge is 0.410 e. The van der Waals surface area contributed by atoms with E-state index in [0.29, 0.717) is 30.8 Å². The molecule has 1 saturated carbocycles. The zero-order valence-electron chi connectivity index (χ0n) is 31.0. The molecule has 0 N–H and O–H groups in total. The Morgan fingerprint density at radius 1 is 0.939 bits per heavy atom. The molecule has 1 fully saturated rings. The number of pyridine rings is 1. The van der Waals surface area contributed by atoms with Gasteiger partial charge < -0.3 is 23.5 Å². The zero-order chi connectivity index (χ0) is 35.8. The van der Waals surface area contributed by atoms with Crippen molar-refractivity contribution < 1.29 is 28.2 Å². The summed E-state index contributed by atoms with van der Waals surface area (Å²) in [5.74, 6) is 0.166. The topological polar surface area (TPSA) is 87.2 Å². The molecule has 2 aromatic carbocycles. The number of nitrogens with zero attached hydrogens (tertiary/aromatic N) is 2. The minimum Gasteiger partial charge on any atom is -0.490 e. The highest BCUT2D eigenvalue weighted by atomic mass is 28.4. The normalized spacial score (nSPS) is 15.0. The van der Waals surface area contributed by atoms with Gasteiger partial charge in [0.15, 0.2) is 8.32 Å². The Labute approximate surface area is 294 Å². The molecule has 0 radical (unpaired) electrons. The molecule has 9 heteroatoms. The molecule has 49 heavy (non-hydrogen) atoms. The lowest BCUT2D eigenvalue weighted by Crippen LogP contribution is -2.46. The van der Waals surface area contributed by atoms with Gasteiger partial charge >= 0.3 is 12.1 Å². The van der Waals surface area contributed by atoms with E-state index in [9.17, 15) is 9.59 Å². The lowest BCUT2D eigenvalue weighted by Gasteiger charge is -2.40. The summed E-state index contributed by atoms with van der Waals surface area (Å²) >= 11 is 0. The Balaban J connectivity index is 1.54. The molecule has 0 saturated heterocycles. The molecule has 0 aliphatic heterocycles. The second-order valence-electron chi connectivity index (χ2n) is 15.6. The molecular formula is C40H56N2O6Si. The fourth-order valence-corrected chi connectivity index (χ4v) is 6.94. The molecule has 1 heterocycles. The van der Waals surface area contributed by atoms with Gasteiger partial charge in [-0.25, -0.2) is 9.59 Å². The maximum atomic E-state index is 13.6. The standard InChI is InChI=1S/C40H56N2O6Si/c1-39(2,3)47-38(44)42(28-36(32-14-13-24-41-27-32)48-49(8,9)40(4,5)6)25-23-29-17-19-30(20-18-29)31-21-22-34(37(43)45-7)35(26-31)46-33-15-11-10-12-16-33/h13-14,17-22,24,26-27,33,36H,10-12,15-16,23,25,28H2,1-9H3/t36-/m1/s1. The summed E-state index contributed by atoms with van der Waals surface area (Å²) in [7, 11) is -0.803. The highest BCUT2D eigenvalue weighted by Crippen LogP contribution is 2.40. The number of esters is 1. The van der Waals surface area contributed by atoms with Crippen LogP contribution in [0.1, 0.15) is 101 Å². The summed E-state index contributed by atoms with van der Waals surface area (Å²) in [6.45, 7) is 17.6. The van der Waals surface area contributed by atoms with Crippen molar-refractivity contribution in [3.8, 4) is 16.9 Å². The molecule has 4 rings (SSSR count). The number of hydrogen-bond donors (Lipinski definition) is 0. The van der Waals surface area contributed by atoms with E-state index in [1.807, 2.05) is 51.2 Å². The van der Waals surface area contributed by atoms with E-state index in [2.05, 4.69) is 63.1 Å². The monoisotopic (exact) mass is 688 g/mol. The average Bonchev–Trinajstić information content (AvgIpc) is 3.05. The Morgan fingerprint density at radius 2 is 1.61 bits per heavy atom. The van der Waals surface area contributed by atoms with E-state index < -0.39 is 19.9 Å². The number of aromatic nitrogens is 1. The van der Waals surface area contributed by atoms with Gasteiger partial charge in [-0.3, -0.25) is 4.98 Å². The third-order valence-corrected chi connectivity index (χ3v) is 14.0. The summed E-state index contributed by atoms with van der Waals surface area (Å²) in [5.41, 5.74) is 3.81. The lowest BCUT2D eigenvalue weighted by molar-refractivity contribution is 0.0158. The number of methoxy groups -OCH3 is 1. The van der Waals surface area contributed by atoms with Gasteiger partial charge in [-0.2, -0.15) is 0 Å². The van der Waals surface area contributed by atoms with Crippen LogP contribution in [0, 0.1) is 0 Å². The Morgan fingerprint density at radius 3 is 2.20 bits per heavy atom. The predicted molar refractivity (Wildman–Crippen MR) is 197 cm³/mol. The first-order valence-corrected chi connectivity index (χ1v) is 20.5. The number of carbonyl (C=O) groups excluding carboxylic acids is 2. The van der Waals surface area contributed by atoms with Crippen LogP contribution in [0.4, 0.5) is 4.79 Å². The van der Waals surface area contributed by atoms with Crippen LogP contribution in [0.25, 0.3) is 11.1 Å². The molecule has 1 aliphatic carbocycles. The Bertz CT molecular complexity index is 1520. The summed E-state index contributed by atoms with van der Waals surface area (Å²) < 4.78 is 24.2. The lowest BCUT2D eigenvalue weighted by atomic mass is 9.97. The van der Waals surface area contributed by atoms with Crippen LogP contribution in [0.3, 0.4) is 0 Å². The number of ether oxygens (including phenoxy) is 3. The van der Waals surface area contributed by atoms with Gasteiger partial charge in [-0.05, 0) is 111 Å². The van der Waals surface area contributed by atoms with Gasteiger partial charge in [0, 0.05) is 18.9 Å². The van der Waals surface area contributed by atoms with E-state index >= 15 is 0 Å². The third-order valence-electron chi connectivity index (χ3n) is 9.53. The van der Waals surface area contributed by atoms with Crippen LogP contribution in [0.5, 0.6) is 5.75 Å². The van der Waals surface area contributed by atoms with Crippen LogP contribution in [0.2, 0.25) is 18.1 Å². The fourth-order valence-electron chi connectivity index (χ4n) is 5.66. The van der Waals surface area contributed by atoms with Crippen LogP contribution in [0.15, 0.2) is 67.0 Å². The van der Waals surface area contributed by atoms with E-state index in [1.165, 1.54) is 13.5 Å². The minimum atomic E-state index is -2.20. The van der Waals surface area contributed by atoms with Crippen molar-refractivity contribution in [2.24, 2.45) is 0 Å². The molecule has 1 amide bonds. The second kappa shape index (κ2) is 16.3. The molecule has 3 aromatic rings. The second-order valence-corrected chi connectivity index (χ2v) is 20.4. The Hall–Kier alpha value is -3.69. The Kier molecular flexibility index (Phi) is 12.7. The predicted octanol–water partition coefficient (Wildman–Crippen LogP) is 9.79. The minimum absolute atomic E-state index is 0.00561. The number of amides is 1. The average molecular weight is 689 g/mol. The molecule has 1 aliphatic rings. The summed E-state index contributed by atoms with van der Waals surface area (Å²) in [4.78, 5) is 32.3. The maximum absolute atomic E-state index is 13.6. The summed E-state index contributed by atoms with van der Waals surface area (Å²) in [5, 5.41) is -0.00561. The number of carbonyl (C=O) groups is 2. The van der Waals surface area contributed by atoms with Gasteiger partial charge in [0.25, 0.3) is 0 Å². The van der Waals surface area contributed by atoms with Gasteiger partial charge in [0.2, 0.25) is 0 Å². The van der Waals surface area contributed by atoms with Crippen LogP contribution in [-0.4, -0.2) is 62.2 Å². The number of benzene rings is 2. The molecular weight excluding hydrogens is 633 g/mol. The highest BCUT2D eigenvalue weighted by molar-refractivity contribution is 6.74. The first-order valence-electron chi connectivity index (χ1n) is 17.6. The summed E-state index contributed by atoms with van der Waals surface area (Å²) in [6.07, 6.45) is 9.09. The van der Waals surface area contributed by atoms with Crippen LogP contribution >= 0.6 is 0 Å². The molecule has 8 nitrogen and oxygen atoms in total. The molecule has 0 spiro atoms. The molecule has 1 atom stereocenters. The summed E-state index contributed by atoms with van der Waals surface area (Å²) in [6, 6.07) is 17.9. The van der Waals surface area contributed by atoms with Gasteiger partial charge in [0.05, 0.1) is 25.9 Å². The highest BCUT2D eigenvalue weighted by Gasteiger charge is 2.40. The SMILES string of the molecule is COC(=O)c1ccc(-c2ccc(CCN(C[C@@H](O[Si](C)(C)C(C)(C)C)c3cccnc3)C(=O)OC(C)(C)C)cc2)cc1OC1CCCCC1. The van der Waals surface area contributed by atoms with Gasteiger partial charge in [0.1, 0.15) is 16.9 Å². The largest absolute Gasteiger partial charge is 0.490 e. The van der Waals surface area contributed by atoms with Crippen molar-refractivity contribution in [2.45, 2.75) is 116 Å². The van der Waals surface area contributed by atoms with E-state index in [1.54, 1.807) is 17.2 Å². The van der Waals surface area contributed by atoms with E-state index in [4.69, 9.17) is 18.6 Å². The van der Waals surface area contributed by atoms with Gasteiger partial charge in [-0.15, -0.1) is 0 Å². The molecule has 0 unspecified atom stereocenters. The fraction of sp³-hybridized carbons (Fsp3) is 0.525. The van der Waals surface area contributed by atoms with Crippen molar-refractivity contribution >= 4 is 20.4 Å². The van der Waals surface area contributed by atoms with Crippen molar-refractivity contribution in [1.29, 1.82) is 0 Å². The van der Waals surface area contributed by atoms with Crippen molar-refractivity contribution in [1.82, 2.24) is 9.88 Å². The quantitative estimate of drug-likeness (QED) is 0.138. The van der Waals surface area contributed by atoms with Gasteiger partial charge in [-0.1, -0.05) is 63.6 Å². The van der Waals surface area contributed by atoms with Crippen molar-refractivity contribution in [2.75, 3.05) is 20.2 Å². The molecule has 0 bridgehead atoms. The number of hydrogen-bond acceptors (Lipinski definition) is 7. The van der Waals surface area contributed by atoms with Crippen molar-refractivity contribution in [3.05, 3.63) is 83.7 Å². The maximum Gasteiger partial charge on any atom is 0.410 e. The first kappa shape index (κ1) is 38.1. The van der Waals surface area contributed by atoms with Crippen molar-refractivity contribution in [3.63, 3.8) is 0 Å². The van der Waals surface area contributed by atoms with E-state index in [0.717, 1.165) is 47.9 Å². The van der Waals surface area contributed by atoms with E-state index in [-0.39, 0.29) is 23.3 Å². The third kappa shape index (κ3) is 10.9. The zero-order valence-corrected chi connectivity index (χ0v) is 32.0. The molecule has 1 aromatic heterocycles. The van der Waals surface area contributed by atoms with Crippen LogP contribution in [-0.2, 0) is 20.3 Å². The molecule has 266 valence electrons.